The fourth-order valence-electron chi connectivity index (χ4n) is 3.99. The van der Waals surface area contributed by atoms with E-state index in [1.807, 2.05) is 24.3 Å². The summed E-state index contributed by atoms with van der Waals surface area (Å²) in [5.41, 5.74) is 3.24. The van der Waals surface area contributed by atoms with Gasteiger partial charge in [-0.15, -0.1) is 0 Å². The van der Waals surface area contributed by atoms with E-state index in [-0.39, 0.29) is 24.7 Å². The summed E-state index contributed by atoms with van der Waals surface area (Å²) >= 11 is 0. The molecule has 1 aliphatic heterocycles. The Labute approximate surface area is 196 Å². The van der Waals surface area contributed by atoms with Crippen LogP contribution in [0.4, 0.5) is 21.9 Å². The van der Waals surface area contributed by atoms with Crippen LogP contribution in [-0.2, 0) is 11.3 Å². The van der Waals surface area contributed by atoms with E-state index in [4.69, 9.17) is 0 Å². The Morgan fingerprint density at radius 3 is 2.50 bits per heavy atom. The van der Waals surface area contributed by atoms with Crippen molar-refractivity contribution < 1.29 is 14.5 Å². The van der Waals surface area contributed by atoms with Crippen molar-refractivity contribution in [1.82, 2.24) is 15.6 Å². The molecule has 34 heavy (non-hydrogen) atoms. The third-order valence-electron chi connectivity index (χ3n) is 5.73. The maximum atomic E-state index is 12.5. The summed E-state index contributed by atoms with van der Waals surface area (Å²) in [6.07, 6.45) is 5.30. The number of non-ortho nitro benzene ring substituents is 1. The average Bonchev–Trinajstić information content (AvgIpc) is 2.87. The fraction of sp³-hybridized carbons (Fsp3) is 0.292. The maximum absolute atomic E-state index is 12.5. The van der Waals surface area contributed by atoms with Crippen molar-refractivity contribution in [2.75, 3.05) is 29.9 Å². The largest absolute Gasteiger partial charge is 0.370 e. The first kappa shape index (κ1) is 23.0. The third-order valence-corrected chi connectivity index (χ3v) is 5.73. The van der Waals surface area contributed by atoms with Crippen LogP contribution in [0, 0.1) is 10.1 Å². The lowest BCUT2D eigenvalue weighted by Crippen LogP contribution is -2.39. The summed E-state index contributed by atoms with van der Waals surface area (Å²) in [5, 5.41) is 19.6. The second-order valence-corrected chi connectivity index (χ2v) is 8.09. The molecule has 176 valence electrons. The molecule has 1 saturated heterocycles. The highest BCUT2D eigenvalue weighted by Crippen LogP contribution is 2.32. The third kappa shape index (κ3) is 5.58. The lowest BCUT2D eigenvalue weighted by atomic mass is 10.1. The number of nitro groups is 1. The minimum Gasteiger partial charge on any atom is -0.370 e. The highest BCUT2D eigenvalue weighted by molar-refractivity contribution is 6.05. The normalized spacial score (nSPS) is 13.4. The van der Waals surface area contributed by atoms with Gasteiger partial charge in [0.25, 0.3) is 5.69 Å². The van der Waals surface area contributed by atoms with Crippen molar-refractivity contribution in [3.05, 3.63) is 70.4 Å². The van der Waals surface area contributed by atoms with Gasteiger partial charge in [0, 0.05) is 43.4 Å². The van der Waals surface area contributed by atoms with Gasteiger partial charge in [-0.1, -0.05) is 12.1 Å². The van der Waals surface area contributed by atoms with Gasteiger partial charge < -0.3 is 20.9 Å². The molecular formula is C24H26N6O4. The van der Waals surface area contributed by atoms with E-state index in [2.05, 4.69) is 25.8 Å². The fourth-order valence-corrected chi connectivity index (χ4v) is 3.99. The Hall–Kier alpha value is -4.21. The number of aromatic nitrogens is 1. The number of fused-ring (bicyclic) bond motifs is 1. The van der Waals surface area contributed by atoms with E-state index in [9.17, 15) is 19.7 Å². The molecule has 3 N–H and O–H groups in total. The zero-order valence-corrected chi connectivity index (χ0v) is 18.6. The molecule has 0 spiro atoms. The van der Waals surface area contributed by atoms with E-state index in [1.54, 1.807) is 18.3 Å². The number of hydrogen-bond donors (Lipinski definition) is 3. The van der Waals surface area contributed by atoms with Crippen LogP contribution in [0.25, 0.3) is 10.9 Å². The molecule has 1 aromatic heterocycles. The summed E-state index contributed by atoms with van der Waals surface area (Å²) in [5.74, 6) is -0.360. The molecule has 2 heterocycles. The van der Waals surface area contributed by atoms with Crippen molar-refractivity contribution in [3.63, 3.8) is 0 Å². The first-order chi connectivity index (χ1) is 16.5. The number of anilines is 2. The summed E-state index contributed by atoms with van der Waals surface area (Å²) in [6, 6.07) is 13.0. The Morgan fingerprint density at radius 2 is 1.76 bits per heavy atom. The van der Waals surface area contributed by atoms with Gasteiger partial charge in [0.1, 0.15) is 0 Å². The van der Waals surface area contributed by atoms with Crippen molar-refractivity contribution in [1.29, 1.82) is 0 Å². The van der Waals surface area contributed by atoms with Crippen LogP contribution < -0.4 is 20.9 Å². The van der Waals surface area contributed by atoms with Gasteiger partial charge in [0.15, 0.2) is 0 Å². The van der Waals surface area contributed by atoms with E-state index >= 15 is 0 Å². The number of nitrogens with zero attached hydrogens (tertiary/aromatic N) is 3. The number of carbonyl (C=O) groups is 2. The van der Waals surface area contributed by atoms with Gasteiger partial charge in [0.05, 0.1) is 28.4 Å². The predicted octanol–water partition coefficient (Wildman–Crippen LogP) is 3.57. The highest BCUT2D eigenvalue weighted by atomic mass is 16.6. The Kier molecular flexibility index (Phi) is 7.16. The molecule has 1 fully saturated rings. The van der Waals surface area contributed by atoms with Crippen LogP contribution in [0.5, 0.6) is 0 Å². The van der Waals surface area contributed by atoms with E-state index in [1.165, 1.54) is 18.6 Å². The molecule has 0 atom stereocenters. The lowest BCUT2D eigenvalue weighted by Gasteiger charge is -2.29. The minimum atomic E-state index is -0.513. The van der Waals surface area contributed by atoms with Gasteiger partial charge >= 0.3 is 6.03 Å². The quantitative estimate of drug-likeness (QED) is 0.364. The van der Waals surface area contributed by atoms with Crippen molar-refractivity contribution in [3.8, 4) is 0 Å². The van der Waals surface area contributed by atoms with Crippen molar-refractivity contribution >= 4 is 39.9 Å². The standard InChI is InChI=1S/C24H26N6O4/c31-22(16-27-24(32)26-15-17-6-8-18(9-7-17)30(33)34)28-20-10-11-21(29-13-2-1-3-14-29)23-19(20)5-4-12-25-23/h4-12H,1-3,13-16H2,(H,28,31)(H2,26,27,32). The SMILES string of the molecule is O=C(CNC(=O)NCc1ccc([N+](=O)[O-])cc1)Nc1ccc(N2CCCCC2)c2ncccc12. The second-order valence-electron chi connectivity index (χ2n) is 8.09. The van der Waals surface area contributed by atoms with Crippen molar-refractivity contribution in [2.24, 2.45) is 0 Å². The van der Waals surface area contributed by atoms with E-state index in [0.29, 0.717) is 11.3 Å². The topological polar surface area (TPSA) is 130 Å². The Balaban J connectivity index is 1.32. The van der Waals surface area contributed by atoms with Crippen LogP contribution >= 0.6 is 0 Å². The number of urea groups is 1. The second kappa shape index (κ2) is 10.6. The monoisotopic (exact) mass is 462 g/mol. The van der Waals surface area contributed by atoms with E-state index < -0.39 is 11.0 Å². The molecule has 0 bridgehead atoms. The number of benzene rings is 2. The number of pyridine rings is 1. The molecule has 2 aromatic carbocycles. The Bertz CT molecular complexity index is 1190. The maximum Gasteiger partial charge on any atom is 0.315 e. The number of nitrogens with one attached hydrogen (secondary N) is 3. The molecule has 1 aliphatic rings. The number of amides is 3. The molecule has 0 aliphatic carbocycles. The lowest BCUT2D eigenvalue weighted by molar-refractivity contribution is -0.384. The van der Waals surface area contributed by atoms with Crippen LogP contribution in [-0.4, -0.2) is 41.5 Å². The molecule has 0 saturated carbocycles. The summed E-state index contributed by atoms with van der Waals surface area (Å²) < 4.78 is 0. The van der Waals surface area contributed by atoms with Gasteiger partial charge in [0.2, 0.25) is 5.91 Å². The minimum absolute atomic E-state index is 0.0171. The van der Waals surface area contributed by atoms with Gasteiger partial charge in [-0.25, -0.2) is 4.79 Å². The number of piperidine rings is 1. The highest BCUT2D eigenvalue weighted by Gasteiger charge is 2.17. The number of carbonyl (C=O) groups excluding carboxylic acids is 2. The molecule has 10 nitrogen and oxygen atoms in total. The summed E-state index contributed by atoms with van der Waals surface area (Å²) in [4.78, 5) is 41.6. The molecule has 3 amide bonds. The van der Waals surface area contributed by atoms with E-state index in [0.717, 1.165) is 42.5 Å². The smallest absolute Gasteiger partial charge is 0.315 e. The molecule has 10 heteroatoms. The zero-order chi connectivity index (χ0) is 23.9. The molecular weight excluding hydrogens is 436 g/mol. The molecule has 0 unspecified atom stereocenters. The molecule has 0 radical (unpaired) electrons. The van der Waals surface area contributed by atoms with Crippen LogP contribution in [0.3, 0.4) is 0 Å². The van der Waals surface area contributed by atoms with Crippen LogP contribution in [0.1, 0.15) is 24.8 Å². The van der Waals surface area contributed by atoms with Crippen LogP contribution in [0.2, 0.25) is 0 Å². The van der Waals surface area contributed by atoms with Gasteiger partial charge in [-0.05, 0) is 49.1 Å². The van der Waals surface area contributed by atoms with Gasteiger partial charge in [-0.3, -0.25) is 19.9 Å². The first-order valence-corrected chi connectivity index (χ1v) is 11.2. The summed E-state index contributed by atoms with van der Waals surface area (Å²) in [7, 11) is 0. The average molecular weight is 463 g/mol. The Morgan fingerprint density at radius 1 is 1.00 bits per heavy atom. The van der Waals surface area contributed by atoms with Gasteiger partial charge in [-0.2, -0.15) is 0 Å². The first-order valence-electron chi connectivity index (χ1n) is 11.2. The van der Waals surface area contributed by atoms with Crippen LogP contribution in [0.15, 0.2) is 54.7 Å². The number of rotatable bonds is 7. The number of hydrogen-bond acceptors (Lipinski definition) is 6. The predicted molar refractivity (Wildman–Crippen MR) is 130 cm³/mol. The molecule has 4 rings (SSSR count). The zero-order valence-electron chi connectivity index (χ0n) is 18.6. The number of nitro benzene ring substituents is 1. The molecule has 3 aromatic rings. The van der Waals surface area contributed by atoms with Crippen molar-refractivity contribution in [2.45, 2.75) is 25.8 Å². The summed E-state index contributed by atoms with van der Waals surface area (Å²) in [6.45, 7) is 1.97.